The molecule has 0 aromatic heterocycles. The van der Waals surface area contributed by atoms with Gasteiger partial charge in [0.05, 0.1) is 0 Å². The van der Waals surface area contributed by atoms with Crippen LogP contribution in [0.1, 0.15) is 18.4 Å². The number of hydrogen-bond acceptors (Lipinski definition) is 3. The number of rotatable bonds is 4. The number of nitrogen functional groups attached to an aromatic ring is 1. The Morgan fingerprint density at radius 3 is 2.58 bits per heavy atom. The van der Waals surface area contributed by atoms with Crippen LogP contribution in [0.15, 0.2) is 22.7 Å². The summed E-state index contributed by atoms with van der Waals surface area (Å²) in [6, 6.07) is 6.28. The second-order valence-electron chi connectivity index (χ2n) is 5.84. The maximum atomic E-state index is 5.93. The van der Waals surface area contributed by atoms with Gasteiger partial charge in [0.15, 0.2) is 0 Å². The van der Waals surface area contributed by atoms with E-state index in [2.05, 4.69) is 52.0 Å². The first-order valence-corrected chi connectivity index (χ1v) is 7.75. The lowest BCUT2D eigenvalue weighted by Gasteiger charge is -2.33. The lowest BCUT2D eigenvalue weighted by Crippen LogP contribution is -2.36. The minimum absolute atomic E-state index is 0.833. The average molecular weight is 326 g/mol. The molecule has 19 heavy (non-hydrogen) atoms. The van der Waals surface area contributed by atoms with Crippen molar-refractivity contribution in [2.45, 2.75) is 19.4 Å². The van der Waals surface area contributed by atoms with E-state index in [1.54, 1.807) is 0 Å². The molecule has 1 saturated heterocycles. The predicted octanol–water partition coefficient (Wildman–Crippen LogP) is 2.80. The molecule has 0 unspecified atom stereocenters. The molecule has 0 atom stereocenters. The van der Waals surface area contributed by atoms with Gasteiger partial charge in [-0.1, -0.05) is 6.07 Å². The molecule has 0 aliphatic carbocycles. The Bertz CT molecular complexity index is 412. The third kappa shape index (κ3) is 4.48. The van der Waals surface area contributed by atoms with Crippen LogP contribution in [-0.4, -0.2) is 43.5 Å². The SMILES string of the molecule is CN(C)CC1CCN(Cc2ccc(Br)c(N)c2)CC1. The maximum absolute atomic E-state index is 5.93. The van der Waals surface area contributed by atoms with Crippen molar-refractivity contribution in [2.24, 2.45) is 5.92 Å². The molecule has 0 bridgehead atoms. The zero-order valence-electron chi connectivity index (χ0n) is 11.9. The molecule has 0 amide bonds. The van der Waals surface area contributed by atoms with Gasteiger partial charge >= 0.3 is 0 Å². The van der Waals surface area contributed by atoms with Crippen molar-refractivity contribution in [3.05, 3.63) is 28.2 Å². The van der Waals surface area contributed by atoms with Crippen LogP contribution in [-0.2, 0) is 6.54 Å². The summed E-state index contributed by atoms with van der Waals surface area (Å²) in [7, 11) is 4.33. The number of benzene rings is 1. The van der Waals surface area contributed by atoms with Gasteiger partial charge < -0.3 is 10.6 Å². The number of piperidine rings is 1. The lowest BCUT2D eigenvalue weighted by atomic mass is 9.96. The molecule has 2 rings (SSSR count). The van der Waals surface area contributed by atoms with Crippen molar-refractivity contribution in [3.8, 4) is 0 Å². The van der Waals surface area contributed by atoms with E-state index in [0.717, 1.165) is 22.6 Å². The van der Waals surface area contributed by atoms with Crippen LogP contribution < -0.4 is 5.73 Å². The van der Waals surface area contributed by atoms with E-state index in [4.69, 9.17) is 5.73 Å². The van der Waals surface area contributed by atoms with Crippen LogP contribution in [0.5, 0.6) is 0 Å². The Morgan fingerprint density at radius 2 is 2.00 bits per heavy atom. The average Bonchev–Trinajstić information content (AvgIpc) is 2.36. The quantitative estimate of drug-likeness (QED) is 0.864. The first kappa shape index (κ1) is 14.8. The highest BCUT2D eigenvalue weighted by atomic mass is 79.9. The van der Waals surface area contributed by atoms with E-state index < -0.39 is 0 Å². The Hall–Kier alpha value is -0.580. The van der Waals surface area contributed by atoms with Crippen molar-refractivity contribution in [1.29, 1.82) is 0 Å². The Labute approximate surface area is 124 Å². The normalized spacial score (nSPS) is 18.1. The van der Waals surface area contributed by atoms with Gasteiger partial charge in [-0.05, 0) is 79.6 Å². The molecule has 1 heterocycles. The highest BCUT2D eigenvalue weighted by Gasteiger charge is 2.19. The predicted molar refractivity (Wildman–Crippen MR) is 85.1 cm³/mol. The van der Waals surface area contributed by atoms with Crippen LogP contribution in [0, 0.1) is 5.92 Å². The Balaban J connectivity index is 1.83. The fourth-order valence-electron chi connectivity index (χ4n) is 2.79. The van der Waals surface area contributed by atoms with Crippen molar-refractivity contribution in [1.82, 2.24) is 9.80 Å². The van der Waals surface area contributed by atoms with Gasteiger partial charge in [-0.25, -0.2) is 0 Å². The molecular formula is C15H24BrN3. The molecule has 2 N–H and O–H groups in total. The molecule has 3 nitrogen and oxygen atoms in total. The van der Waals surface area contributed by atoms with E-state index in [1.165, 1.54) is 38.0 Å². The van der Waals surface area contributed by atoms with E-state index in [9.17, 15) is 0 Å². The number of nitrogens with zero attached hydrogens (tertiary/aromatic N) is 2. The van der Waals surface area contributed by atoms with Gasteiger partial charge in [0.2, 0.25) is 0 Å². The zero-order valence-corrected chi connectivity index (χ0v) is 13.5. The van der Waals surface area contributed by atoms with E-state index >= 15 is 0 Å². The van der Waals surface area contributed by atoms with Crippen molar-refractivity contribution in [2.75, 3.05) is 39.5 Å². The minimum Gasteiger partial charge on any atom is -0.398 e. The second-order valence-corrected chi connectivity index (χ2v) is 6.69. The first-order valence-electron chi connectivity index (χ1n) is 6.95. The maximum Gasteiger partial charge on any atom is 0.0461 e. The van der Waals surface area contributed by atoms with Crippen LogP contribution in [0.2, 0.25) is 0 Å². The number of halogens is 1. The van der Waals surface area contributed by atoms with Crippen LogP contribution in [0.4, 0.5) is 5.69 Å². The summed E-state index contributed by atoms with van der Waals surface area (Å²) in [4.78, 5) is 4.84. The van der Waals surface area contributed by atoms with Gasteiger partial charge in [0, 0.05) is 23.2 Å². The minimum atomic E-state index is 0.833. The topological polar surface area (TPSA) is 32.5 Å². The van der Waals surface area contributed by atoms with Gasteiger partial charge in [0.1, 0.15) is 0 Å². The van der Waals surface area contributed by atoms with Crippen LogP contribution >= 0.6 is 15.9 Å². The monoisotopic (exact) mass is 325 g/mol. The van der Waals surface area contributed by atoms with Crippen molar-refractivity contribution < 1.29 is 0 Å². The second kappa shape index (κ2) is 6.73. The summed E-state index contributed by atoms with van der Waals surface area (Å²) < 4.78 is 0.987. The van der Waals surface area contributed by atoms with E-state index in [1.807, 2.05) is 6.07 Å². The van der Waals surface area contributed by atoms with Crippen molar-refractivity contribution in [3.63, 3.8) is 0 Å². The van der Waals surface area contributed by atoms with Gasteiger partial charge in [-0.2, -0.15) is 0 Å². The van der Waals surface area contributed by atoms with E-state index in [-0.39, 0.29) is 0 Å². The number of likely N-dealkylation sites (tertiary alicyclic amines) is 1. The molecule has 1 fully saturated rings. The van der Waals surface area contributed by atoms with Crippen LogP contribution in [0.3, 0.4) is 0 Å². The third-order valence-corrected chi connectivity index (χ3v) is 4.52. The first-order chi connectivity index (χ1) is 9.04. The molecular weight excluding hydrogens is 302 g/mol. The highest BCUT2D eigenvalue weighted by Crippen LogP contribution is 2.23. The summed E-state index contributed by atoms with van der Waals surface area (Å²) in [6.45, 7) is 4.65. The number of anilines is 1. The summed E-state index contributed by atoms with van der Waals surface area (Å²) in [5.74, 6) is 0.862. The van der Waals surface area contributed by atoms with Gasteiger partial charge in [-0.3, -0.25) is 4.90 Å². The van der Waals surface area contributed by atoms with Gasteiger partial charge in [0.25, 0.3) is 0 Å². The molecule has 4 heteroatoms. The molecule has 1 aromatic carbocycles. The fourth-order valence-corrected chi connectivity index (χ4v) is 3.04. The third-order valence-electron chi connectivity index (χ3n) is 3.80. The van der Waals surface area contributed by atoms with Crippen LogP contribution in [0.25, 0.3) is 0 Å². The summed E-state index contributed by atoms with van der Waals surface area (Å²) in [5.41, 5.74) is 8.08. The van der Waals surface area contributed by atoms with Gasteiger partial charge in [-0.15, -0.1) is 0 Å². The zero-order chi connectivity index (χ0) is 13.8. The lowest BCUT2D eigenvalue weighted by molar-refractivity contribution is 0.157. The smallest absolute Gasteiger partial charge is 0.0461 e. The number of nitrogens with two attached hydrogens (primary N) is 1. The molecule has 0 radical (unpaired) electrons. The highest BCUT2D eigenvalue weighted by molar-refractivity contribution is 9.10. The molecule has 0 saturated carbocycles. The number of hydrogen-bond donors (Lipinski definition) is 1. The fraction of sp³-hybridized carbons (Fsp3) is 0.600. The van der Waals surface area contributed by atoms with Crippen molar-refractivity contribution >= 4 is 21.6 Å². The molecule has 106 valence electrons. The Kier molecular flexibility index (Phi) is 5.25. The summed E-state index contributed by atoms with van der Waals surface area (Å²) in [6.07, 6.45) is 2.62. The molecule has 1 aliphatic rings. The molecule has 1 aliphatic heterocycles. The molecule has 0 spiro atoms. The summed E-state index contributed by atoms with van der Waals surface area (Å²) >= 11 is 3.44. The summed E-state index contributed by atoms with van der Waals surface area (Å²) in [5, 5.41) is 0. The largest absolute Gasteiger partial charge is 0.398 e. The Morgan fingerprint density at radius 1 is 1.32 bits per heavy atom. The van der Waals surface area contributed by atoms with E-state index in [0.29, 0.717) is 0 Å². The standard InChI is InChI=1S/C15H24BrN3/c1-18(2)10-12-5-7-19(8-6-12)11-13-3-4-14(16)15(17)9-13/h3-4,9,12H,5-8,10-11,17H2,1-2H3. The molecule has 1 aromatic rings.